The highest BCUT2D eigenvalue weighted by Crippen LogP contribution is 2.29. The van der Waals surface area contributed by atoms with Gasteiger partial charge in [-0.1, -0.05) is 15.9 Å². The molecule has 0 aliphatic carbocycles. The van der Waals surface area contributed by atoms with E-state index >= 15 is 0 Å². The number of anilines is 3. The first-order valence-corrected chi connectivity index (χ1v) is 7.03. The Morgan fingerprint density at radius 3 is 2.89 bits per heavy atom. The summed E-state index contributed by atoms with van der Waals surface area (Å²) in [5.41, 5.74) is 7.40. The number of nitrogens with two attached hydrogens (primary N) is 1. The summed E-state index contributed by atoms with van der Waals surface area (Å²) in [5.74, 6) is 1.05. The van der Waals surface area contributed by atoms with Crippen LogP contribution in [-0.2, 0) is 0 Å². The number of rotatable bonds is 2. The molecule has 0 fully saturated rings. The maximum Gasteiger partial charge on any atom is 0.180 e. The summed E-state index contributed by atoms with van der Waals surface area (Å²) in [6.07, 6.45) is 5.26. The van der Waals surface area contributed by atoms with Gasteiger partial charge in [0.15, 0.2) is 11.5 Å². The summed E-state index contributed by atoms with van der Waals surface area (Å²) in [6, 6.07) is 5.85. The van der Waals surface area contributed by atoms with Gasteiger partial charge >= 0.3 is 0 Å². The Morgan fingerprint density at radius 2 is 2.11 bits per heavy atom. The van der Waals surface area contributed by atoms with Gasteiger partial charge in [-0.15, -0.1) is 0 Å². The van der Waals surface area contributed by atoms with Gasteiger partial charge < -0.3 is 15.5 Å². The quantitative estimate of drug-likeness (QED) is 0.710. The molecule has 1 aromatic carbocycles. The van der Waals surface area contributed by atoms with Gasteiger partial charge in [0, 0.05) is 21.3 Å². The first-order valence-electron chi connectivity index (χ1n) is 5.45. The number of nitrogens with one attached hydrogen (secondary N) is 1. The van der Waals surface area contributed by atoms with E-state index in [1.165, 1.54) is 0 Å². The fourth-order valence-electron chi connectivity index (χ4n) is 1.75. The summed E-state index contributed by atoms with van der Waals surface area (Å²) >= 11 is 6.92. The lowest BCUT2D eigenvalue weighted by Gasteiger charge is -2.10. The van der Waals surface area contributed by atoms with E-state index < -0.39 is 0 Å². The fourth-order valence-corrected chi connectivity index (χ4v) is 2.90. The van der Waals surface area contributed by atoms with Crippen LogP contribution in [0.1, 0.15) is 0 Å². The highest BCUT2D eigenvalue weighted by atomic mass is 79.9. The van der Waals surface area contributed by atoms with Gasteiger partial charge in [-0.25, -0.2) is 9.97 Å². The molecule has 3 N–H and O–H groups in total. The Balaban J connectivity index is 2.07. The first kappa shape index (κ1) is 12.4. The second-order valence-corrected chi connectivity index (χ2v) is 5.69. The molecule has 2 heterocycles. The molecule has 5 nitrogen and oxygen atoms in total. The predicted octanol–water partition coefficient (Wildman–Crippen LogP) is 3.58. The zero-order valence-corrected chi connectivity index (χ0v) is 12.8. The Bertz CT molecular complexity index is 753. The molecular formula is C12H9Br2N5. The van der Waals surface area contributed by atoms with Gasteiger partial charge in [0.25, 0.3) is 0 Å². The second kappa shape index (κ2) is 4.82. The van der Waals surface area contributed by atoms with Crippen molar-refractivity contribution in [3.8, 4) is 0 Å². The fraction of sp³-hybridized carbons (Fsp3) is 0. The minimum Gasteiger partial charge on any atom is -0.382 e. The normalized spacial score (nSPS) is 10.8. The van der Waals surface area contributed by atoms with E-state index in [2.05, 4.69) is 47.1 Å². The van der Waals surface area contributed by atoms with Gasteiger partial charge in [-0.2, -0.15) is 0 Å². The highest BCUT2D eigenvalue weighted by molar-refractivity contribution is 9.11. The molecule has 7 heteroatoms. The topological polar surface area (TPSA) is 68.2 Å². The zero-order valence-electron chi connectivity index (χ0n) is 9.64. The third-order valence-corrected chi connectivity index (χ3v) is 3.73. The van der Waals surface area contributed by atoms with Crippen molar-refractivity contribution >= 4 is 54.8 Å². The molecule has 0 bridgehead atoms. The molecule has 19 heavy (non-hydrogen) atoms. The first-order chi connectivity index (χ1) is 9.13. The average Bonchev–Trinajstić information content (AvgIpc) is 2.80. The number of benzene rings is 1. The molecule has 0 spiro atoms. The van der Waals surface area contributed by atoms with Crippen LogP contribution in [0.3, 0.4) is 0 Å². The smallest absolute Gasteiger partial charge is 0.180 e. The lowest BCUT2D eigenvalue weighted by Crippen LogP contribution is -2.02. The lowest BCUT2D eigenvalue weighted by atomic mass is 10.3. The van der Waals surface area contributed by atoms with Crippen molar-refractivity contribution in [2.45, 2.75) is 0 Å². The van der Waals surface area contributed by atoms with E-state index in [4.69, 9.17) is 5.73 Å². The van der Waals surface area contributed by atoms with Gasteiger partial charge in [0.2, 0.25) is 0 Å². The molecule has 0 saturated heterocycles. The minimum absolute atomic E-state index is 0.432. The Labute approximate surface area is 126 Å². The largest absolute Gasteiger partial charge is 0.382 e. The third kappa shape index (κ3) is 2.43. The van der Waals surface area contributed by atoms with E-state index in [9.17, 15) is 0 Å². The summed E-state index contributed by atoms with van der Waals surface area (Å²) < 4.78 is 3.75. The van der Waals surface area contributed by atoms with Crippen LogP contribution in [0.15, 0.2) is 45.7 Å². The van der Waals surface area contributed by atoms with E-state index in [1.54, 1.807) is 12.4 Å². The number of hydrogen-bond donors (Lipinski definition) is 2. The van der Waals surface area contributed by atoms with Crippen molar-refractivity contribution in [3.63, 3.8) is 0 Å². The average molecular weight is 383 g/mol. The van der Waals surface area contributed by atoms with Crippen molar-refractivity contribution in [3.05, 3.63) is 45.7 Å². The van der Waals surface area contributed by atoms with Crippen LogP contribution in [0.5, 0.6) is 0 Å². The number of hydrogen-bond acceptors (Lipinski definition) is 4. The van der Waals surface area contributed by atoms with Crippen LogP contribution in [-0.4, -0.2) is 14.4 Å². The number of fused-ring (bicyclic) bond motifs is 1. The van der Waals surface area contributed by atoms with Crippen LogP contribution in [0.2, 0.25) is 0 Å². The SMILES string of the molecule is Nc1cn2ccnc2c(Nc2ccc(Br)cc2Br)n1. The van der Waals surface area contributed by atoms with Crippen LogP contribution in [0.25, 0.3) is 5.65 Å². The summed E-state index contributed by atoms with van der Waals surface area (Å²) in [6.45, 7) is 0. The number of imidazole rings is 1. The minimum atomic E-state index is 0.432. The van der Waals surface area contributed by atoms with Crippen LogP contribution in [0.4, 0.5) is 17.3 Å². The van der Waals surface area contributed by atoms with Crippen molar-refractivity contribution in [2.75, 3.05) is 11.1 Å². The molecule has 0 saturated carbocycles. The number of nitrogen functional groups attached to an aromatic ring is 1. The zero-order chi connectivity index (χ0) is 13.4. The molecule has 2 aromatic heterocycles. The standard InChI is InChI=1S/C12H9Br2N5/c13-7-1-2-9(8(14)5-7)17-11-12-16-3-4-19(12)6-10(15)18-11/h1-6H,15H2,(H,17,18). The summed E-state index contributed by atoms with van der Waals surface area (Å²) in [5, 5.41) is 3.23. The number of aromatic nitrogens is 3. The molecule has 0 aliphatic heterocycles. The molecule has 0 unspecified atom stereocenters. The van der Waals surface area contributed by atoms with Gasteiger partial charge in [0.1, 0.15) is 5.82 Å². The molecule has 3 aromatic rings. The monoisotopic (exact) mass is 381 g/mol. The third-order valence-electron chi connectivity index (χ3n) is 2.58. The van der Waals surface area contributed by atoms with Crippen molar-refractivity contribution in [1.29, 1.82) is 0 Å². The van der Waals surface area contributed by atoms with Gasteiger partial charge in [-0.05, 0) is 34.1 Å². The lowest BCUT2D eigenvalue weighted by molar-refractivity contribution is 1.14. The van der Waals surface area contributed by atoms with E-state index in [1.807, 2.05) is 28.8 Å². The molecule has 0 amide bonds. The maximum absolute atomic E-state index is 5.78. The Kier molecular flexibility index (Phi) is 3.16. The Hall–Kier alpha value is -1.60. The number of halogens is 2. The highest BCUT2D eigenvalue weighted by Gasteiger charge is 2.08. The van der Waals surface area contributed by atoms with Crippen molar-refractivity contribution in [2.24, 2.45) is 0 Å². The van der Waals surface area contributed by atoms with E-state index in [0.717, 1.165) is 20.3 Å². The summed E-state index contributed by atoms with van der Waals surface area (Å²) in [4.78, 5) is 8.54. The maximum atomic E-state index is 5.78. The molecule has 3 rings (SSSR count). The van der Waals surface area contributed by atoms with Crippen LogP contribution < -0.4 is 11.1 Å². The van der Waals surface area contributed by atoms with E-state index in [-0.39, 0.29) is 0 Å². The van der Waals surface area contributed by atoms with Crippen LogP contribution >= 0.6 is 31.9 Å². The van der Waals surface area contributed by atoms with Gasteiger partial charge in [0.05, 0.1) is 11.9 Å². The molecule has 96 valence electrons. The number of nitrogens with zero attached hydrogens (tertiary/aromatic N) is 3. The molecule has 0 aliphatic rings. The Morgan fingerprint density at radius 1 is 1.26 bits per heavy atom. The molecule has 0 atom stereocenters. The van der Waals surface area contributed by atoms with Gasteiger partial charge in [-0.3, -0.25) is 0 Å². The molecule has 0 radical (unpaired) electrons. The van der Waals surface area contributed by atoms with Crippen molar-refractivity contribution < 1.29 is 0 Å². The van der Waals surface area contributed by atoms with Crippen molar-refractivity contribution in [1.82, 2.24) is 14.4 Å². The van der Waals surface area contributed by atoms with Crippen LogP contribution in [0, 0.1) is 0 Å². The predicted molar refractivity (Wildman–Crippen MR) is 82.5 cm³/mol. The second-order valence-electron chi connectivity index (χ2n) is 3.92. The molecular weight excluding hydrogens is 374 g/mol. The summed E-state index contributed by atoms with van der Waals surface area (Å²) in [7, 11) is 0. The van der Waals surface area contributed by atoms with E-state index in [0.29, 0.717) is 11.6 Å².